The molecule has 3 rings (SSSR count). The maximum Gasteiger partial charge on any atom is 0.183 e. The molecule has 1 aromatic carbocycles. The topological polar surface area (TPSA) is 80.5 Å². The fourth-order valence-corrected chi connectivity index (χ4v) is 1.74. The maximum atomic E-state index is 13.4. The standard InChI is InChI=1S/C11H7ClFN5/c12-6-2-1-5(3-7(6)13)10-17-8-9(14)15-4-16-11(8)18-10/h1-4H,(H3,14,15,16,17,18). The molecule has 0 atom stereocenters. The van der Waals surface area contributed by atoms with Crippen molar-refractivity contribution in [3.8, 4) is 11.4 Å². The Labute approximate surface area is 106 Å². The third-order valence-electron chi connectivity index (χ3n) is 2.51. The van der Waals surface area contributed by atoms with Crippen molar-refractivity contribution in [3.05, 3.63) is 35.4 Å². The zero-order valence-electron chi connectivity index (χ0n) is 8.98. The number of rotatable bonds is 1. The van der Waals surface area contributed by atoms with Crippen LogP contribution in [0.3, 0.4) is 0 Å². The zero-order valence-corrected chi connectivity index (χ0v) is 9.74. The Balaban J connectivity index is 2.19. The normalized spacial score (nSPS) is 11.0. The van der Waals surface area contributed by atoms with E-state index in [0.717, 1.165) is 0 Å². The minimum absolute atomic E-state index is 0.0640. The van der Waals surface area contributed by atoms with E-state index >= 15 is 0 Å². The van der Waals surface area contributed by atoms with Crippen LogP contribution in [0.5, 0.6) is 0 Å². The summed E-state index contributed by atoms with van der Waals surface area (Å²) in [4.78, 5) is 15.0. The number of hydrogen-bond acceptors (Lipinski definition) is 4. The number of anilines is 1. The number of halogens is 2. The Morgan fingerprint density at radius 2 is 2.11 bits per heavy atom. The highest BCUT2D eigenvalue weighted by molar-refractivity contribution is 6.30. The molecule has 0 aliphatic heterocycles. The van der Waals surface area contributed by atoms with Crippen LogP contribution in [0.1, 0.15) is 0 Å². The number of aromatic amines is 1. The van der Waals surface area contributed by atoms with Gasteiger partial charge in [0.2, 0.25) is 0 Å². The van der Waals surface area contributed by atoms with Crippen molar-refractivity contribution in [2.24, 2.45) is 0 Å². The third-order valence-corrected chi connectivity index (χ3v) is 2.82. The van der Waals surface area contributed by atoms with E-state index in [4.69, 9.17) is 17.3 Å². The van der Waals surface area contributed by atoms with Gasteiger partial charge in [0.25, 0.3) is 0 Å². The lowest BCUT2D eigenvalue weighted by Gasteiger charge is -1.98. The Morgan fingerprint density at radius 3 is 2.83 bits per heavy atom. The highest BCUT2D eigenvalue weighted by Crippen LogP contribution is 2.24. The average Bonchev–Trinajstić information content (AvgIpc) is 2.78. The molecule has 90 valence electrons. The number of imidazole rings is 1. The van der Waals surface area contributed by atoms with Crippen LogP contribution in [-0.2, 0) is 0 Å². The summed E-state index contributed by atoms with van der Waals surface area (Å²) in [5, 5.41) is 0.0640. The van der Waals surface area contributed by atoms with Crippen molar-refractivity contribution in [3.63, 3.8) is 0 Å². The first-order valence-electron chi connectivity index (χ1n) is 5.07. The predicted molar refractivity (Wildman–Crippen MR) is 66.5 cm³/mol. The van der Waals surface area contributed by atoms with E-state index in [9.17, 15) is 4.39 Å². The molecular formula is C11H7ClFN5. The largest absolute Gasteiger partial charge is 0.382 e. The van der Waals surface area contributed by atoms with Gasteiger partial charge in [0.1, 0.15) is 23.5 Å². The van der Waals surface area contributed by atoms with E-state index in [0.29, 0.717) is 28.4 Å². The van der Waals surface area contributed by atoms with E-state index in [1.165, 1.54) is 18.5 Å². The Hall–Kier alpha value is -2.21. The van der Waals surface area contributed by atoms with Gasteiger partial charge in [-0.1, -0.05) is 11.6 Å². The van der Waals surface area contributed by atoms with Gasteiger partial charge in [0.05, 0.1) is 5.02 Å². The molecule has 0 amide bonds. The number of aromatic nitrogens is 4. The summed E-state index contributed by atoms with van der Waals surface area (Å²) in [6.45, 7) is 0. The van der Waals surface area contributed by atoms with Crippen LogP contribution in [0.2, 0.25) is 5.02 Å². The number of nitrogens with one attached hydrogen (secondary N) is 1. The van der Waals surface area contributed by atoms with Crippen LogP contribution >= 0.6 is 11.6 Å². The lowest BCUT2D eigenvalue weighted by molar-refractivity contribution is 0.628. The fraction of sp³-hybridized carbons (Fsp3) is 0. The smallest absolute Gasteiger partial charge is 0.183 e. The van der Waals surface area contributed by atoms with E-state index in [2.05, 4.69) is 19.9 Å². The summed E-state index contributed by atoms with van der Waals surface area (Å²) < 4.78 is 13.4. The molecule has 0 unspecified atom stereocenters. The summed E-state index contributed by atoms with van der Waals surface area (Å²) in [6.07, 6.45) is 1.32. The van der Waals surface area contributed by atoms with Crippen molar-refractivity contribution >= 4 is 28.6 Å². The van der Waals surface area contributed by atoms with Crippen LogP contribution in [0, 0.1) is 5.82 Å². The van der Waals surface area contributed by atoms with Gasteiger partial charge in [-0.15, -0.1) is 0 Å². The predicted octanol–water partition coefficient (Wildman–Crippen LogP) is 2.39. The summed E-state index contributed by atoms with van der Waals surface area (Å²) in [7, 11) is 0. The number of nitrogens with zero attached hydrogens (tertiary/aromatic N) is 3. The molecule has 0 radical (unpaired) electrons. The number of benzene rings is 1. The van der Waals surface area contributed by atoms with E-state index < -0.39 is 5.82 Å². The maximum absolute atomic E-state index is 13.4. The molecule has 3 N–H and O–H groups in total. The number of nitrogen functional groups attached to an aromatic ring is 1. The summed E-state index contributed by atoms with van der Waals surface area (Å²) in [5.41, 5.74) is 7.22. The molecule has 0 fully saturated rings. The van der Waals surface area contributed by atoms with Gasteiger partial charge in [-0.3, -0.25) is 0 Å². The number of hydrogen-bond donors (Lipinski definition) is 2. The molecule has 7 heteroatoms. The van der Waals surface area contributed by atoms with Crippen LogP contribution < -0.4 is 5.73 Å². The Kier molecular flexibility index (Phi) is 2.38. The Morgan fingerprint density at radius 1 is 1.28 bits per heavy atom. The summed E-state index contributed by atoms with van der Waals surface area (Å²) in [6, 6.07) is 4.42. The number of nitrogens with two attached hydrogens (primary N) is 1. The summed E-state index contributed by atoms with van der Waals surface area (Å²) >= 11 is 5.62. The molecule has 3 aromatic rings. The van der Waals surface area contributed by atoms with Crippen molar-refractivity contribution < 1.29 is 4.39 Å². The lowest BCUT2D eigenvalue weighted by Crippen LogP contribution is -1.91. The molecule has 0 saturated carbocycles. The first-order valence-corrected chi connectivity index (χ1v) is 5.44. The van der Waals surface area contributed by atoms with E-state index in [1.807, 2.05) is 0 Å². The molecule has 0 spiro atoms. The molecule has 5 nitrogen and oxygen atoms in total. The molecule has 18 heavy (non-hydrogen) atoms. The molecule has 2 heterocycles. The van der Waals surface area contributed by atoms with Crippen LogP contribution in [0.15, 0.2) is 24.5 Å². The molecule has 2 aromatic heterocycles. The fourth-order valence-electron chi connectivity index (χ4n) is 1.63. The van der Waals surface area contributed by atoms with E-state index in [1.54, 1.807) is 6.07 Å². The van der Waals surface area contributed by atoms with Gasteiger partial charge in [-0.25, -0.2) is 19.3 Å². The monoisotopic (exact) mass is 263 g/mol. The first-order chi connectivity index (χ1) is 8.65. The zero-order chi connectivity index (χ0) is 12.7. The van der Waals surface area contributed by atoms with Crippen molar-refractivity contribution in [1.82, 2.24) is 19.9 Å². The Bertz CT molecular complexity index is 739. The van der Waals surface area contributed by atoms with Crippen LogP contribution in [0.4, 0.5) is 10.2 Å². The lowest BCUT2D eigenvalue weighted by atomic mass is 10.2. The minimum atomic E-state index is -0.506. The number of H-pyrrole nitrogens is 1. The SMILES string of the molecule is Nc1ncnc2nc(-c3ccc(Cl)c(F)c3)[nH]c12. The van der Waals surface area contributed by atoms with E-state index in [-0.39, 0.29) is 5.02 Å². The molecule has 0 bridgehead atoms. The van der Waals surface area contributed by atoms with Crippen molar-refractivity contribution in [1.29, 1.82) is 0 Å². The minimum Gasteiger partial charge on any atom is -0.382 e. The third kappa shape index (κ3) is 1.67. The summed E-state index contributed by atoms with van der Waals surface area (Å²) in [5.74, 6) is 0.259. The van der Waals surface area contributed by atoms with Crippen molar-refractivity contribution in [2.45, 2.75) is 0 Å². The quantitative estimate of drug-likeness (QED) is 0.706. The highest BCUT2D eigenvalue weighted by atomic mass is 35.5. The van der Waals surface area contributed by atoms with Gasteiger partial charge < -0.3 is 10.7 Å². The highest BCUT2D eigenvalue weighted by Gasteiger charge is 2.10. The molecule has 0 saturated heterocycles. The van der Waals surface area contributed by atoms with Gasteiger partial charge >= 0.3 is 0 Å². The molecule has 0 aliphatic carbocycles. The number of fused-ring (bicyclic) bond motifs is 1. The second-order valence-corrected chi connectivity index (χ2v) is 4.08. The molecular weight excluding hydrogens is 257 g/mol. The average molecular weight is 264 g/mol. The van der Waals surface area contributed by atoms with Crippen LogP contribution in [0.25, 0.3) is 22.6 Å². The molecule has 0 aliphatic rings. The van der Waals surface area contributed by atoms with Crippen LogP contribution in [-0.4, -0.2) is 19.9 Å². The first kappa shape index (κ1) is 10.9. The van der Waals surface area contributed by atoms with Gasteiger partial charge in [-0.2, -0.15) is 0 Å². The second kappa shape index (κ2) is 3.92. The van der Waals surface area contributed by atoms with Gasteiger partial charge in [0.15, 0.2) is 11.5 Å². The van der Waals surface area contributed by atoms with Gasteiger partial charge in [0, 0.05) is 5.56 Å². The van der Waals surface area contributed by atoms with Crippen molar-refractivity contribution in [2.75, 3.05) is 5.73 Å². The second-order valence-electron chi connectivity index (χ2n) is 3.67. The van der Waals surface area contributed by atoms with Gasteiger partial charge in [-0.05, 0) is 18.2 Å².